The summed E-state index contributed by atoms with van der Waals surface area (Å²) in [7, 11) is 0. The van der Waals surface area contributed by atoms with Gasteiger partial charge in [-0.05, 0) is 5.92 Å². The molecule has 0 N–H and O–H groups in total. The Morgan fingerprint density at radius 1 is 1.50 bits per heavy atom. The van der Waals surface area contributed by atoms with Crippen LogP contribution in [0.25, 0.3) is 0 Å². The van der Waals surface area contributed by atoms with Crippen molar-refractivity contribution in [2.24, 2.45) is 5.92 Å². The summed E-state index contributed by atoms with van der Waals surface area (Å²) in [5, 5.41) is 0. The summed E-state index contributed by atoms with van der Waals surface area (Å²) in [6.07, 6.45) is 0.343. The van der Waals surface area contributed by atoms with E-state index in [1.165, 1.54) is 0 Å². The lowest BCUT2D eigenvalue weighted by atomic mass is 10.1. The van der Waals surface area contributed by atoms with Gasteiger partial charge in [0.15, 0.2) is 0 Å². The summed E-state index contributed by atoms with van der Waals surface area (Å²) in [6, 6.07) is 0. The Labute approximate surface area is 49.8 Å². The molecule has 1 atom stereocenters. The van der Waals surface area contributed by atoms with Crippen LogP contribution in [0.3, 0.4) is 0 Å². The van der Waals surface area contributed by atoms with E-state index in [1.807, 2.05) is 0 Å². The third-order valence-corrected chi connectivity index (χ3v) is 1.39. The van der Waals surface area contributed by atoms with Crippen molar-refractivity contribution in [1.82, 2.24) is 0 Å². The summed E-state index contributed by atoms with van der Waals surface area (Å²) >= 11 is 0. The van der Waals surface area contributed by atoms with Crippen molar-refractivity contribution < 1.29 is 9.47 Å². The molecule has 0 spiro atoms. The van der Waals surface area contributed by atoms with Gasteiger partial charge in [0.1, 0.15) is 6.79 Å². The van der Waals surface area contributed by atoms with Crippen molar-refractivity contribution in [3.05, 3.63) is 0 Å². The molecule has 0 amide bonds. The van der Waals surface area contributed by atoms with Gasteiger partial charge in [0.05, 0.1) is 12.7 Å². The van der Waals surface area contributed by atoms with E-state index in [2.05, 4.69) is 13.8 Å². The predicted molar refractivity (Wildman–Crippen MR) is 30.5 cm³/mol. The molecule has 0 aromatic carbocycles. The van der Waals surface area contributed by atoms with E-state index in [0.29, 0.717) is 18.8 Å². The fourth-order valence-corrected chi connectivity index (χ4v) is 0.733. The quantitative estimate of drug-likeness (QED) is 0.509. The molecular formula is C6H12O2. The molecule has 1 aliphatic rings. The zero-order chi connectivity index (χ0) is 5.98. The first kappa shape index (κ1) is 6.05. The van der Waals surface area contributed by atoms with Gasteiger partial charge in [-0.3, -0.25) is 0 Å². The van der Waals surface area contributed by atoms with E-state index < -0.39 is 0 Å². The summed E-state index contributed by atoms with van der Waals surface area (Å²) in [6.45, 7) is 5.54. The Bertz CT molecular complexity index is 64.9. The number of ether oxygens (including phenoxy) is 2. The van der Waals surface area contributed by atoms with Crippen LogP contribution in [0.4, 0.5) is 0 Å². The Morgan fingerprint density at radius 3 is 2.50 bits per heavy atom. The lowest BCUT2D eigenvalue weighted by molar-refractivity contribution is 0.0336. The summed E-state index contributed by atoms with van der Waals surface area (Å²) in [5.41, 5.74) is 0. The van der Waals surface area contributed by atoms with Crippen molar-refractivity contribution in [3.63, 3.8) is 0 Å². The monoisotopic (exact) mass is 116 g/mol. The Morgan fingerprint density at radius 2 is 2.25 bits per heavy atom. The van der Waals surface area contributed by atoms with Crippen LogP contribution in [0.1, 0.15) is 13.8 Å². The van der Waals surface area contributed by atoms with Gasteiger partial charge < -0.3 is 9.47 Å². The SMILES string of the molecule is CC(C)[C@@H]1COCO1. The van der Waals surface area contributed by atoms with Gasteiger partial charge in [-0.25, -0.2) is 0 Å². The molecule has 0 saturated carbocycles. The first-order chi connectivity index (χ1) is 3.80. The highest BCUT2D eigenvalue weighted by molar-refractivity contribution is 4.62. The summed E-state index contributed by atoms with van der Waals surface area (Å²) < 4.78 is 10.2. The van der Waals surface area contributed by atoms with Gasteiger partial charge in [-0.2, -0.15) is 0 Å². The molecule has 0 radical (unpaired) electrons. The smallest absolute Gasteiger partial charge is 0.147 e. The van der Waals surface area contributed by atoms with Gasteiger partial charge in [-0.15, -0.1) is 0 Å². The van der Waals surface area contributed by atoms with E-state index in [4.69, 9.17) is 9.47 Å². The standard InChI is InChI=1S/C6H12O2/c1-5(2)6-3-7-4-8-6/h5-6H,3-4H2,1-2H3/t6-/m0/s1. The number of hydrogen-bond acceptors (Lipinski definition) is 2. The van der Waals surface area contributed by atoms with Crippen molar-refractivity contribution in [2.75, 3.05) is 13.4 Å². The van der Waals surface area contributed by atoms with Gasteiger partial charge >= 0.3 is 0 Å². The number of rotatable bonds is 1. The van der Waals surface area contributed by atoms with Crippen molar-refractivity contribution in [3.8, 4) is 0 Å². The van der Waals surface area contributed by atoms with Crippen LogP contribution >= 0.6 is 0 Å². The molecule has 48 valence electrons. The Hall–Kier alpha value is -0.0800. The predicted octanol–water partition coefficient (Wildman–Crippen LogP) is 1.02. The molecule has 1 rings (SSSR count). The van der Waals surface area contributed by atoms with E-state index in [-0.39, 0.29) is 0 Å². The van der Waals surface area contributed by atoms with Crippen LogP contribution in [0.15, 0.2) is 0 Å². The zero-order valence-corrected chi connectivity index (χ0v) is 5.39. The highest BCUT2D eigenvalue weighted by atomic mass is 16.7. The van der Waals surface area contributed by atoms with Crippen LogP contribution in [0.2, 0.25) is 0 Å². The normalized spacial score (nSPS) is 29.6. The molecule has 0 unspecified atom stereocenters. The maximum Gasteiger partial charge on any atom is 0.147 e. The summed E-state index contributed by atoms with van der Waals surface area (Å²) in [5.74, 6) is 0.595. The zero-order valence-electron chi connectivity index (χ0n) is 5.39. The van der Waals surface area contributed by atoms with Crippen molar-refractivity contribution >= 4 is 0 Å². The van der Waals surface area contributed by atoms with E-state index in [0.717, 1.165) is 6.61 Å². The third-order valence-electron chi connectivity index (χ3n) is 1.39. The maximum absolute atomic E-state index is 5.19. The second-order valence-corrected chi connectivity index (χ2v) is 2.44. The Balaban J connectivity index is 2.24. The number of hydrogen-bond donors (Lipinski definition) is 0. The first-order valence-electron chi connectivity index (χ1n) is 3.00. The van der Waals surface area contributed by atoms with Gasteiger partial charge in [0.25, 0.3) is 0 Å². The second-order valence-electron chi connectivity index (χ2n) is 2.44. The maximum atomic E-state index is 5.19. The molecule has 0 bridgehead atoms. The van der Waals surface area contributed by atoms with Gasteiger partial charge in [-0.1, -0.05) is 13.8 Å². The molecule has 1 aliphatic heterocycles. The van der Waals surface area contributed by atoms with E-state index in [1.54, 1.807) is 0 Å². The molecular weight excluding hydrogens is 104 g/mol. The average molecular weight is 116 g/mol. The first-order valence-corrected chi connectivity index (χ1v) is 3.00. The lowest BCUT2D eigenvalue weighted by Gasteiger charge is -2.09. The largest absolute Gasteiger partial charge is 0.353 e. The summed E-state index contributed by atoms with van der Waals surface area (Å²) in [4.78, 5) is 0. The van der Waals surface area contributed by atoms with Crippen molar-refractivity contribution in [2.45, 2.75) is 20.0 Å². The average Bonchev–Trinajstić information content (AvgIpc) is 2.12. The third kappa shape index (κ3) is 1.20. The Kier molecular flexibility index (Phi) is 1.86. The minimum absolute atomic E-state index is 0.343. The van der Waals surface area contributed by atoms with Crippen LogP contribution in [0, 0.1) is 5.92 Å². The molecule has 1 saturated heterocycles. The van der Waals surface area contributed by atoms with Crippen LogP contribution in [-0.4, -0.2) is 19.5 Å². The highest BCUT2D eigenvalue weighted by Gasteiger charge is 2.18. The fraction of sp³-hybridized carbons (Fsp3) is 1.00. The second kappa shape index (κ2) is 2.46. The lowest BCUT2D eigenvalue weighted by Crippen LogP contribution is -2.16. The molecule has 1 fully saturated rings. The molecule has 2 nitrogen and oxygen atoms in total. The topological polar surface area (TPSA) is 18.5 Å². The molecule has 0 aromatic rings. The van der Waals surface area contributed by atoms with Crippen LogP contribution in [-0.2, 0) is 9.47 Å². The molecule has 0 aliphatic carbocycles. The molecule has 0 aromatic heterocycles. The highest BCUT2D eigenvalue weighted by Crippen LogP contribution is 2.11. The van der Waals surface area contributed by atoms with Crippen LogP contribution in [0.5, 0.6) is 0 Å². The van der Waals surface area contributed by atoms with E-state index >= 15 is 0 Å². The minimum Gasteiger partial charge on any atom is -0.353 e. The fourth-order valence-electron chi connectivity index (χ4n) is 0.733. The van der Waals surface area contributed by atoms with E-state index in [9.17, 15) is 0 Å². The van der Waals surface area contributed by atoms with Gasteiger partial charge in [0.2, 0.25) is 0 Å². The van der Waals surface area contributed by atoms with Gasteiger partial charge in [0, 0.05) is 0 Å². The minimum atomic E-state index is 0.343. The molecule has 1 heterocycles. The molecule has 2 heteroatoms. The van der Waals surface area contributed by atoms with Crippen LogP contribution < -0.4 is 0 Å². The van der Waals surface area contributed by atoms with Crippen molar-refractivity contribution in [1.29, 1.82) is 0 Å². The molecule has 8 heavy (non-hydrogen) atoms.